The van der Waals surface area contributed by atoms with Gasteiger partial charge in [-0.3, -0.25) is 0 Å². The van der Waals surface area contributed by atoms with Crippen LogP contribution in [0.4, 0.5) is 0 Å². The van der Waals surface area contributed by atoms with Crippen LogP contribution in [0.2, 0.25) is 0 Å². The van der Waals surface area contributed by atoms with Gasteiger partial charge in [0.25, 0.3) is 0 Å². The van der Waals surface area contributed by atoms with Gasteiger partial charge >= 0.3 is 0 Å². The predicted octanol–water partition coefficient (Wildman–Crippen LogP) is 14.3. The van der Waals surface area contributed by atoms with Crippen LogP contribution in [0.25, 0.3) is 78.7 Å². The van der Waals surface area contributed by atoms with E-state index in [4.69, 9.17) is 19.7 Å². The van der Waals surface area contributed by atoms with Crippen LogP contribution in [0, 0.1) is 0 Å². The topological polar surface area (TPSA) is 47.9 Å². The molecule has 0 N–H and O–H groups in total. The largest absolute Gasteiger partial charge is 0.457 e. The quantitative estimate of drug-likeness (QED) is 0.168. The van der Waals surface area contributed by atoms with Crippen molar-refractivity contribution in [2.24, 2.45) is 0 Å². The molecule has 1 aromatic heterocycles. The molecule has 0 bridgehead atoms. The normalized spacial score (nSPS) is 12.8. The number of para-hydroxylation sites is 2. The Labute approximate surface area is 360 Å². The van der Waals surface area contributed by atoms with E-state index in [0.29, 0.717) is 17.5 Å². The molecule has 4 nitrogen and oxygen atoms in total. The molecule has 0 amide bonds. The molecule has 4 heteroatoms. The molecule has 0 saturated heterocycles. The Balaban J connectivity index is 1.15. The highest BCUT2D eigenvalue weighted by molar-refractivity contribution is 5.97. The maximum atomic E-state index is 6.75. The molecule has 62 heavy (non-hydrogen) atoms. The van der Waals surface area contributed by atoms with E-state index in [1.165, 1.54) is 27.8 Å². The highest BCUT2D eigenvalue weighted by Crippen LogP contribution is 2.63. The van der Waals surface area contributed by atoms with Crippen LogP contribution in [0.3, 0.4) is 0 Å². The van der Waals surface area contributed by atoms with E-state index in [1.807, 2.05) is 36.4 Å². The molecule has 0 atom stereocenters. The SMILES string of the molecule is c1ccc(-c2cc(-c3ccccc3)cc(-c3ccc4c(c3)C3(c5ccccc5Oc5ccccc53)c3cccc(-c5nc(-c6ccccc6)nc(-c6ccccc6)n5)c3-4)c2)cc1. The summed E-state index contributed by atoms with van der Waals surface area (Å²) >= 11 is 0. The summed E-state index contributed by atoms with van der Waals surface area (Å²) < 4.78 is 6.75. The summed E-state index contributed by atoms with van der Waals surface area (Å²) in [7, 11) is 0. The van der Waals surface area contributed by atoms with E-state index in [9.17, 15) is 0 Å². The lowest BCUT2D eigenvalue weighted by molar-refractivity contribution is 0.436. The van der Waals surface area contributed by atoms with Crippen molar-refractivity contribution >= 4 is 0 Å². The number of aromatic nitrogens is 3. The third-order valence-corrected chi connectivity index (χ3v) is 12.4. The average molecular weight is 792 g/mol. The minimum atomic E-state index is -0.709. The Morgan fingerprint density at radius 1 is 0.274 bits per heavy atom. The van der Waals surface area contributed by atoms with E-state index >= 15 is 0 Å². The number of hydrogen-bond acceptors (Lipinski definition) is 4. The number of ether oxygens (including phenoxy) is 1. The van der Waals surface area contributed by atoms with Gasteiger partial charge in [-0.1, -0.05) is 188 Å². The molecule has 10 aromatic rings. The molecule has 0 fully saturated rings. The van der Waals surface area contributed by atoms with Gasteiger partial charge in [-0.15, -0.1) is 0 Å². The lowest BCUT2D eigenvalue weighted by Crippen LogP contribution is -2.32. The first kappa shape index (κ1) is 35.7. The fourth-order valence-electron chi connectivity index (χ4n) is 9.63. The zero-order chi connectivity index (χ0) is 41.0. The maximum Gasteiger partial charge on any atom is 0.164 e. The first-order valence-electron chi connectivity index (χ1n) is 21.0. The molecule has 2 heterocycles. The molecule has 0 unspecified atom stereocenters. The Morgan fingerprint density at radius 2 is 0.710 bits per heavy atom. The van der Waals surface area contributed by atoms with Crippen molar-refractivity contribution in [2.45, 2.75) is 5.41 Å². The zero-order valence-corrected chi connectivity index (χ0v) is 33.6. The summed E-state index contributed by atoms with van der Waals surface area (Å²) in [6.45, 7) is 0. The van der Waals surface area contributed by atoms with E-state index in [0.717, 1.165) is 67.1 Å². The van der Waals surface area contributed by atoms with Gasteiger partial charge in [0.15, 0.2) is 17.5 Å². The number of benzene rings is 9. The Hall–Kier alpha value is -8.21. The highest BCUT2D eigenvalue weighted by Gasteiger charge is 2.52. The van der Waals surface area contributed by atoms with Crippen molar-refractivity contribution in [1.82, 2.24) is 15.0 Å². The number of hydrogen-bond donors (Lipinski definition) is 0. The molecule has 290 valence electrons. The maximum absolute atomic E-state index is 6.75. The molecule has 2 aliphatic rings. The second-order valence-corrected chi connectivity index (χ2v) is 15.9. The van der Waals surface area contributed by atoms with Gasteiger partial charge in [-0.25, -0.2) is 15.0 Å². The van der Waals surface area contributed by atoms with Crippen LogP contribution in [-0.4, -0.2) is 15.0 Å². The number of fused-ring (bicyclic) bond motifs is 9. The molecule has 12 rings (SSSR count). The van der Waals surface area contributed by atoms with Gasteiger partial charge in [0.1, 0.15) is 11.5 Å². The third kappa shape index (κ3) is 5.72. The summed E-state index contributed by atoms with van der Waals surface area (Å²) in [5.41, 5.74) is 15.9. The molecule has 1 aliphatic heterocycles. The smallest absolute Gasteiger partial charge is 0.164 e. The molecule has 9 aromatic carbocycles. The van der Waals surface area contributed by atoms with Crippen LogP contribution < -0.4 is 4.74 Å². The zero-order valence-electron chi connectivity index (χ0n) is 33.6. The molecule has 1 spiro atoms. The van der Waals surface area contributed by atoms with E-state index in [-0.39, 0.29) is 0 Å². The predicted molar refractivity (Wildman–Crippen MR) is 250 cm³/mol. The Kier molecular flexibility index (Phi) is 8.36. The van der Waals surface area contributed by atoms with Crippen molar-refractivity contribution < 1.29 is 4.74 Å². The summed E-state index contributed by atoms with van der Waals surface area (Å²) in [5, 5.41) is 0. The average Bonchev–Trinajstić information content (AvgIpc) is 3.65. The van der Waals surface area contributed by atoms with E-state index in [1.54, 1.807) is 0 Å². The summed E-state index contributed by atoms with van der Waals surface area (Å²) in [6, 6.07) is 79.3. The van der Waals surface area contributed by atoms with Crippen molar-refractivity contribution in [3.63, 3.8) is 0 Å². The number of rotatable bonds is 6. The molecular weight excluding hydrogens is 755 g/mol. The molecular formula is C58H37N3O. The second-order valence-electron chi connectivity index (χ2n) is 15.9. The van der Waals surface area contributed by atoms with Gasteiger partial charge in [0.05, 0.1) is 5.41 Å². The molecule has 0 radical (unpaired) electrons. The lowest BCUT2D eigenvalue weighted by Gasteiger charge is -2.39. The number of nitrogens with zero attached hydrogens (tertiary/aromatic N) is 3. The van der Waals surface area contributed by atoms with E-state index < -0.39 is 5.41 Å². The minimum Gasteiger partial charge on any atom is -0.457 e. The summed E-state index contributed by atoms with van der Waals surface area (Å²) in [5.74, 6) is 3.57. The summed E-state index contributed by atoms with van der Waals surface area (Å²) in [4.78, 5) is 15.6. The fourth-order valence-corrected chi connectivity index (χ4v) is 9.63. The van der Waals surface area contributed by atoms with Crippen molar-refractivity contribution in [2.75, 3.05) is 0 Å². The van der Waals surface area contributed by atoms with Gasteiger partial charge < -0.3 is 4.74 Å². The first-order valence-corrected chi connectivity index (χ1v) is 21.0. The Bertz CT molecular complexity index is 3150. The van der Waals surface area contributed by atoms with Crippen LogP contribution in [0.5, 0.6) is 11.5 Å². The van der Waals surface area contributed by atoms with Crippen molar-refractivity contribution in [3.8, 4) is 90.2 Å². The first-order chi connectivity index (χ1) is 30.7. The second kappa shape index (κ2) is 14.5. The van der Waals surface area contributed by atoms with Gasteiger partial charge in [0, 0.05) is 27.8 Å². The standard InChI is InChI=1S/C58H37N3O/c1-5-18-38(19-6-1)43-34-44(39-20-7-2-8-21-39)36-45(35-43)42-32-33-46-51(37-42)58(48-27-13-15-30-52(48)62-53-31-16-14-28-49(53)58)50-29-17-26-47(54(46)50)57-60-55(40-22-9-3-10-23-40)59-56(61-57)41-24-11-4-12-25-41/h1-37H. The summed E-state index contributed by atoms with van der Waals surface area (Å²) in [6.07, 6.45) is 0. The molecule has 1 aliphatic carbocycles. The molecule has 0 saturated carbocycles. The fraction of sp³-hybridized carbons (Fsp3) is 0.0172. The van der Waals surface area contributed by atoms with Crippen molar-refractivity contribution in [1.29, 1.82) is 0 Å². The third-order valence-electron chi connectivity index (χ3n) is 12.4. The van der Waals surface area contributed by atoms with Gasteiger partial charge in [-0.2, -0.15) is 0 Å². The van der Waals surface area contributed by atoms with E-state index in [2.05, 4.69) is 188 Å². The minimum absolute atomic E-state index is 0.623. The van der Waals surface area contributed by atoms with Gasteiger partial charge in [-0.05, 0) is 92.0 Å². The van der Waals surface area contributed by atoms with Crippen LogP contribution in [-0.2, 0) is 5.41 Å². The van der Waals surface area contributed by atoms with Crippen LogP contribution in [0.1, 0.15) is 22.3 Å². The lowest BCUT2D eigenvalue weighted by atomic mass is 9.66. The van der Waals surface area contributed by atoms with Gasteiger partial charge in [0.2, 0.25) is 0 Å². The van der Waals surface area contributed by atoms with Crippen LogP contribution in [0.15, 0.2) is 224 Å². The monoisotopic (exact) mass is 791 g/mol. The van der Waals surface area contributed by atoms with Crippen LogP contribution >= 0.6 is 0 Å². The Morgan fingerprint density at radius 3 is 1.24 bits per heavy atom. The van der Waals surface area contributed by atoms with Crippen molar-refractivity contribution in [3.05, 3.63) is 247 Å². The highest BCUT2D eigenvalue weighted by atomic mass is 16.5.